The van der Waals surface area contributed by atoms with Crippen LogP contribution >= 0.6 is 0 Å². The van der Waals surface area contributed by atoms with E-state index in [0.29, 0.717) is 6.04 Å². The Balaban J connectivity index is 2.18. The molecule has 1 aliphatic rings. The molecule has 1 N–H and O–H groups in total. The highest BCUT2D eigenvalue weighted by Crippen LogP contribution is 2.22. The Labute approximate surface area is 73.1 Å². The number of hydrogen-bond donors (Lipinski definition) is 1. The highest BCUT2D eigenvalue weighted by atomic mass is 15.0. The molecule has 0 aromatic heterocycles. The Morgan fingerprint density at radius 1 is 1.33 bits per heavy atom. The second kappa shape index (κ2) is 3.11. The van der Waals surface area contributed by atoms with Crippen molar-refractivity contribution in [3.8, 4) is 0 Å². The van der Waals surface area contributed by atoms with Gasteiger partial charge in [-0.15, -0.1) is 0 Å². The molecule has 1 aliphatic heterocycles. The van der Waals surface area contributed by atoms with Gasteiger partial charge in [0.15, 0.2) is 0 Å². The monoisotopic (exact) mass is 159 g/mol. The van der Waals surface area contributed by atoms with Crippen LogP contribution in [0.4, 0.5) is 0 Å². The highest BCUT2D eigenvalue weighted by Gasteiger charge is 2.17. The van der Waals surface area contributed by atoms with E-state index in [2.05, 4.69) is 36.2 Å². The third-order valence-corrected chi connectivity index (χ3v) is 2.40. The smallest absolute Gasteiger partial charge is 0.0332 e. The van der Waals surface area contributed by atoms with Crippen LogP contribution in [0.3, 0.4) is 0 Å². The first-order valence-corrected chi connectivity index (χ1v) is 4.36. The lowest BCUT2D eigenvalue weighted by Gasteiger charge is -2.27. The zero-order valence-electron chi connectivity index (χ0n) is 7.09. The number of benzene rings is 1. The molecule has 0 radical (unpaired) electrons. The minimum Gasteiger partial charge on any atom is -0.310 e. The molecule has 1 atom stereocenters. The van der Waals surface area contributed by atoms with Gasteiger partial charge in [-0.25, -0.2) is 0 Å². The minimum atomic E-state index is 0.601. The topological polar surface area (TPSA) is 12.0 Å². The Kier molecular flexibility index (Phi) is 1.96. The maximum absolute atomic E-state index is 3.72. The summed E-state index contributed by atoms with van der Waals surface area (Å²) in [5.74, 6) is 0. The van der Waals surface area contributed by atoms with E-state index in [-0.39, 0.29) is 0 Å². The summed E-state index contributed by atoms with van der Waals surface area (Å²) in [5, 5.41) is 3.37. The van der Waals surface area contributed by atoms with Crippen LogP contribution in [0.25, 0.3) is 6.08 Å². The van der Waals surface area contributed by atoms with Crippen molar-refractivity contribution >= 4 is 6.08 Å². The van der Waals surface area contributed by atoms with Crippen molar-refractivity contribution in [2.75, 3.05) is 6.54 Å². The van der Waals surface area contributed by atoms with Gasteiger partial charge in [0.05, 0.1) is 0 Å². The molecule has 12 heavy (non-hydrogen) atoms. The Bertz CT molecular complexity index is 270. The SMILES string of the molecule is C=Cc1ccc(C2CCN2)cc1. The summed E-state index contributed by atoms with van der Waals surface area (Å²) in [7, 11) is 0. The molecule has 1 unspecified atom stereocenters. The molecule has 0 amide bonds. The lowest BCUT2D eigenvalue weighted by molar-refractivity contribution is 0.383. The molecule has 1 saturated heterocycles. The molecule has 0 bridgehead atoms. The largest absolute Gasteiger partial charge is 0.310 e. The maximum atomic E-state index is 3.72. The Morgan fingerprint density at radius 3 is 2.42 bits per heavy atom. The van der Waals surface area contributed by atoms with E-state index >= 15 is 0 Å². The number of hydrogen-bond acceptors (Lipinski definition) is 1. The second-order valence-corrected chi connectivity index (χ2v) is 3.17. The van der Waals surface area contributed by atoms with E-state index in [1.807, 2.05) is 6.08 Å². The number of nitrogens with one attached hydrogen (secondary N) is 1. The summed E-state index contributed by atoms with van der Waals surface area (Å²) < 4.78 is 0. The van der Waals surface area contributed by atoms with Crippen LogP contribution < -0.4 is 5.32 Å². The molecule has 1 heteroatoms. The average Bonchev–Trinajstić information content (AvgIpc) is 2.03. The van der Waals surface area contributed by atoms with Crippen molar-refractivity contribution in [2.45, 2.75) is 12.5 Å². The molecule has 1 nitrogen and oxygen atoms in total. The van der Waals surface area contributed by atoms with Gasteiger partial charge in [-0.05, 0) is 24.1 Å². The Morgan fingerprint density at radius 2 is 2.00 bits per heavy atom. The fraction of sp³-hybridized carbons (Fsp3) is 0.273. The summed E-state index contributed by atoms with van der Waals surface area (Å²) in [4.78, 5) is 0. The standard InChI is InChI=1S/C11H13N/c1-2-9-3-5-10(6-4-9)11-7-8-12-11/h2-6,11-12H,1,7-8H2. The van der Waals surface area contributed by atoms with Crippen LogP contribution in [0.5, 0.6) is 0 Å². The van der Waals surface area contributed by atoms with Crippen LogP contribution in [0.15, 0.2) is 30.8 Å². The van der Waals surface area contributed by atoms with E-state index in [1.54, 1.807) is 0 Å². The fourth-order valence-electron chi connectivity index (χ4n) is 1.44. The highest BCUT2D eigenvalue weighted by molar-refractivity contribution is 5.47. The van der Waals surface area contributed by atoms with Gasteiger partial charge >= 0.3 is 0 Å². The first kappa shape index (κ1) is 7.56. The van der Waals surface area contributed by atoms with E-state index in [4.69, 9.17) is 0 Å². The zero-order chi connectivity index (χ0) is 8.39. The molecule has 0 aliphatic carbocycles. The van der Waals surface area contributed by atoms with E-state index < -0.39 is 0 Å². The lowest BCUT2D eigenvalue weighted by atomic mass is 9.97. The fourth-order valence-corrected chi connectivity index (χ4v) is 1.44. The molecule has 0 spiro atoms. The summed E-state index contributed by atoms with van der Waals surface area (Å²) in [6, 6.07) is 9.18. The summed E-state index contributed by atoms with van der Waals surface area (Å²) in [5.41, 5.74) is 2.59. The van der Waals surface area contributed by atoms with Crippen LogP contribution in [0.1, 0.15) is 23.6 Å². The van der Waals surface area contributed by atoms with Crippen LogP contribution in [-0.2, 0) is 0 Å². The molecule has 0 saturated carbocycles. The Hall–Kier alpha value is -1.08. The first-order chi connectivity index (χ1) is 5.90. The van der Waals surface area contributed by atoms with E-state index in [9.17, 15) is 0 Å². The van der Waals surface area contributed by atoms with Crippen molar-refractivity contribution in [2.24, 2.45) is 0 Å². The summed E-state index contributed by atoms with van der Waals surface area (Å²) in [6.45, 7) is 4.88. The van der Waals surface area contributed by atoms with Crippen LogP contribution in [0.2, 0.25) is 0 Å². The molecule has 2 rings (SSSR count). The summed E-state index contributed by atoms with van der Waals surface area (Å²) >= 11 is 0. The second-order valence-electron chi connectivity index (χ2n) is 3.17. The third kappa shape index (κ3) is 1.28. The van der Waals surface area contributed by atoms with Gasteiger partial charge < -0.3 is 5.32 Å². The van der Waals surface area contributed by atoms with Gasteiger partial charge in [-0.3, -0.25) is 0 Å². The normalized spacial score (nSPS) is 21.5. The van der Waals surface area contributed by atoms with Crippen molar-refractivity contribution in [3.63, 3.8) is 0 Å². The average molecular weight is 159 g/mol. The minimum absolute atomic E-state index is 0.601. The van der Waals surface area contributed by atoms with Gasteiger partial charge in [0.2, 0.25) is 0 Å². The lowest BCUT2D eigenvalue weighted by Crippen LogP contribution is -2.34. The van der Waals surface area contributed by atoms with Crippen molar-refractivity contribution in [1.82, 2.24) is 5.32 Å². The number of rotatable bonds is 2. The third-order valence-electron chi connectivity index (χ3n) is 2.40. The van der Waals surface area contributed by atoms with Gasteiger partial charge in [0.1, 0.15) is 0 Å². The summed E-state index contributed by atoms with van der Waals surface area (Å²) in [6.07, 6.45) is 3.14. The maximum Gasteiger partial charge on any atom is 0.0332 e. The molecule has 62 valence electrons. The molecule has 1 fully saturated rings. The first-order valence-electron chi connectivity index (χ1n) is 4.36. The van der Waals surface area contributed by atoms with Gasteiger partial charge in [-0.2, -0.15) is 0 Å². The van der Waals surface area contributed by atoms with Crippen molar-refractivity contribution < 1.29 is 0 Å². The predicted molar refractivity (Wildman–Crippen MR) is 51.9 cm³/mol. The molecule has 1 aromatic rings. The molecular weight excluding hydrogens is 146 g/mol. The molecule has 1 aromatic carbocycles. The van der Waals surface area contributed by atoms with Crippen LogP contribution in [-0.4, -0.2) is 6.54 Å². The van der Waals surface area contributed by atoms with Crippen molar-refractivity contribution in [3.05, 3.63) is 42.0 Å². The van der Waals surface area contributed by atoms with Crippen LogP contribution in [0, 0.1) is 0 Å². The van der Waals surface area contributed by atoms with E-state index in [0.717, 1.165) is 6.54 Å². The molecule has 1 heterocycles. The quantitative estimate of drug-likeness (QED) is 0.698. The predicted octanol–water partition coefficient (Wildman–Crippen LogP) is 2.36. The van der Waals surface area contributed by atoms with E-state index in [1.165, 1.54) is 17.5 Å². The van der Waals surface area contributed by atoms with Gasteiger partial charge in [0, 0.05) is 6.04 Å². The molecular formula is C11H13N. The zero-order valence-corrected chi connectivity index (χ0v) is 7.09. The van der Waals surface area contributed by atoms with Gasteiger partial charge in [-0.1, -0.05) is 36.9 Å². The van der Waals surface area contributed by atoms with Crippen molar-refractivity contribution in [1.29, 1.82) is 0 Å². The van der Waals surface area contributed by atoms with Gasteiger partial charge in [0.25, 0.3) is 0 Å².